The quantitative estimate of drug-likeness (QED) is 0.774. The van der Waals surface area contributed by atoms with Crippen LogP contribution in [-0.4, -0.2) is 10.8 Å². The van der Waals surface area contributed by atoms with Crippen molar-refractivity contribution >= 4 is 27.3 Å². The normalized spacial score (nSPS) is 22.6. The summed E-state index contributed by atoms with van der Waals surface area (Å²) in [5, 5.41) is 1.08. The number of para-hydroxylation sites is 1. The molecule has 1 unspecified atom stereocenters. The Bertz CT molecular complexity index is 606. The van der Waals surface area contributed by atoms with Gasteiger partial charge in [-0.25, -0.2) is 4.98 Å². The van der Waals surface area contributed by atoms with Crippen LogP contribution in [0.3, 0.4) is 0 Å². The maximum absolute atomic E-state index is 11.6. The third kappa shape index (κ3) is 1.89. The van der Waals surface area contributed by atoms with Gasteiger partial charge < -0.3 is 0 Å². The number of nitrogens with zero attached hydrogens (tertiary/aromatic N) is 1. The van der Waals surface area contributed by atoms with Gasteiger partial charge >= 0.3 is 0 Å². The molecule has 0 fully saturated rings. The Kier molecular flexibility index (Phi) is 2.59. The van der Waals surface area contributed by atoms with E-state index in [4.69, 9.17) is 4.98 Å². The van der Waals surface area contributed by atoms with Gasteiger partial charge in [-0.2, -0.15) is 0 Å². The lowest BCUT2D eigenvalue weighted by Crippen LogP contribution is -2.26. The molecule has 1 aliphatic rings. The number of carbonyl (C=O) groups excluding carboxylic acids is 1. The van der Waals surface area contributed by atoms with Gasteiger partial charge in [0.15, 0.2) is 5.78 Å². The number of aromatic nitrogens is 1. The lowest BCUT2D eigenvalue weighted by atomic mass is 9.73. The second kappa shape index (κ2) is 4.02. The molecule has 1 aromatic heterocycles. The Labute approximate surface area is 110 Å². The maximum Gasteiger partial charge on any atom is 0.156 e. The molecule has 1 heterocycles. The first kappa shape index (κ1) is 11.6. The minimum atomic E-state index is 0.00177. The van der Waals surface area contributed by atoms with Crippen LogP contribution in [0, 0.1) is 5.41 Å². The second-order valence-electron chi connectivity index (χ2n) is 5.40. The van der Waals surface area contributed by atoms with Gasteiger partial charge in [-0.05, 0) is 23.6 Å². The molecule has 1 aliphatic carbocycles. The molecule has 0 aliphatic heterocycles. The molecular formula is C15H15NOS. The van der Waals surface area contributed by atoms with Gasteiger partial charge in [0.1, 0.15) is 0 Å². The summed E-state index contributed by atoms with van der Waals surface area (Å²) in [6, 6.07) is 8.15. The Morgan fingerprint density at radius 2 is 2.11 bits per heavy atom. The molecule has 0 spiro atoms. The van der Waals surface area contributed by atoms with E-state index in [1.807, 2.05) is 24.3 Å². The summed E-state index contributed by atoms with van der Waals surface area (Å²) in [5.41, 5.74) is 1.04. The van der Waals surface area contributed by atoms with Crippen LogP contribution in [0.5, 0.6) is 0 Å². The molecule has 0 radical (unpaired) electrons. The van der Waals surface area contributed by atoms with Crippen molar-refractivity contribution in [3.05, 3.63) is 41.4 Å². The van der Waals surface area contributed by atoms with E-state index in [-0.39, 0.29) is 17.1 Å². The Hall–Kier alpha value is -1.48. The highest BCUT2D eigenvalue weighted by molar-refractivity contribution is 7.18. The van der Waals surface area contributed by atoms with Crippen molar-refractivity contribution in [2.75, 3.05) is 0 Å². The van der Waals surface area contributed by atoms with Crippen molar-refractivity contribution in [3.63, 3.8) is 0 Å². The topological polar surface area (TPSA) is 30.0 Å². The van der Waals surface area contributed by atoms with Gasteiger partial charge in [0.25, 0.3) is 0 Å². The van der Waals surface area contributed by atoms with E-state index in [1.54, 1.807) is 17.4 Å². The minimum Gasteiger partial charge on any atom is -0.295 e. The maximum atomic E-state index is 11.6. The lowest BCUT2D eigenvalue weighted by molar-refractivity contribution is -0.116. The SMILES string of the molecule is CC1(C)C=CC(=O)CC1c1nc2ccccc2s1. The Morgan fingerprint density at radius 1 is 1.33 bits per heavy atom. The van der Waals surface area contributed by atoms with Crippen LogP contribution in [0.25, 0.3) is 10.2 Å². The number of benzene rings is 1. The predicted octanol–water partition coefficient (Wildman–Crippen LogP) is 3.94. The first-order valence-electron chi connectivity index (χ1n) is 6.14. The fourth-order valence-corrected chi connectivity index (χ4v) is 3.66. The lowest BCUT2D eigenvalue weighted by Gasteiger charge is -2.32. The number of carbonyl (C=O) groups is 1. The number of hydrogen-bond donors (Lipinski definition) is 0. The summed E-state index contributed by atoms with van der Waals surface area (Å²) in [6.45, 7) is 4.35. The van der Waals surface area contributed by atoms with Gasteiger partial charge in [-0.1, -0.05) is 32.1 Å². The average molecular weight is 257 g/mol. The number of allylic oxidation sites excluding steroid dienone is 2. The number of hydrogen-bond acceptors (Lipinski definition) is 3. The molecule has 0 saturated carbocycles. The van der Waals surface area contributed by atoms with Crippen LogP contribution in [0.1, 0.15) is 31.2 Å². The summed E-state index contributed by atoms with van der Waals surface area (Å²) in [6.07, 6.45) is 4.31. The Morgan fingerprint density at radius 3 is 2.89 bits per heavy atom. The van der Waals surface area contributed by atoms with Crippen molar-refractivity contribution in [2.45, 2.75) is 26.2 Å². The molecule has 3 rings (SSSR count). The number of rotatable bonds is 1. The molecule has 0 amide bonds. The van der Waals surface area contributed by atoms with Crippen LogP contribution < -0.4 is 0 Å². The molecule has 92 valence electrons. The number of ketones is 1. The van der Waals surface area contributed by atoms with Gasteiger partial charge in [0.05, 0.1) is 15.2 Å². The number of thiazole rings is 1. The molecular weight excluding hydrogens is 242 g/mol. The highest BCUT2D eigenvalue weighted by Crippen LogP contribution is 2.44. The molecule has 3 heteroatoms. The molecule has 0 N–H and O–H groups in total. The molecule has 18 heavy (non-hydrogen) atoms. The fraction of sp³-hybridized carbons (Fsp3) is 0.333. The van der Waals surface area contributed by atoms with Gasteiger partial charge in [-0.15, -0.1) is 11.3 Å². The highest BCUT2D eigenvalue weighted by Gasteiger charge is 2.35. The second-order valence-corrected chi connectivity index (χ2v) is 6.46. The first-order chi connectivity index (χ1) is 8.56. The molecule has 0 bridgehead atoms. The zero-order chi connectivity index (χ0) is 12.8. The van der Waals surface area contributed by atoms with Crippen molar-refractivity contribution < 1.29 is 4.79 Å². The van der Waals surface area contributed by atoms with Crippen LogP contribution in [-0.2, 0) is 4.79 Å². The predicted molar refractivity (Wildman–Crippen MR) is 74.9 cm³/mol. The third-order valence-electron chi connectivity index (χ3n) is 3.61. The first-order valence-corrected chi connectivity index (χ1v) is 6.95. The molecule has 0 saturated heterocycles. The molecule has 2 aromatic rings. The largest absolute Gasteiger partial charge is 0.295 e. The zero-order valence-electron chi connectivity index (χ0n) is 10.5. The zero-order valence-corrected chi connectivity index (χ0v) is 11.3. The van der Waals surface area contributed by atoms with Crippen molar-refractivity contribution in [2.24, 2.45) is 5.41 Å². The summed E-state index contributed by atoms with van der Waals surface area (Å²) >= 11 is 1.71. The van der Waals surface area contributed by atoms with E-state index >= 15 is 0 Å². The molecule has 1 atom stereocenters. The summed E-state index contributed by atoms with van der Waals surface area (Å²) < 4.78 is 1.20. The van der Waals surface area contributed by atoms with Crippen LogP contribution >= 0.6 is 11.3 Å². The van der Waals surface area contributed by atoms with Crippen molar-refractivity contribution in [3.8, 4) is 0 Å². The van der Waals surface area contributed by atoms with E-state index in [2.05, 4.69) is 19.9 Å². The van der Waals surface area contributed by atoms with Crippen LogP contribution in [0.4, 0.5) is 0 Å². The summed E-state index contributed by atoms with van der Waals surface area (Å²) in [7, 11) is 0. The number of fused-ring (bicyclic) bond motifs is 1. The summed E-state index contributed by atoms with van der Waals surface area (Å²) in [5.74, 6) is 0.408. The van der Waals surface area contributed by atoms with Crippen LogP contribution in [0.2, 0.25) is 0 Å². The fourth-order valence-electron chi connectivity index (χ4n) is 2.40. The van der Waals surface area contributed by atoms with Crippen molar-refractivity contribution in [1.29, 1.82) is 0 Å². The van der Waals surface area contributed by atoms with E-state index in [0.717, 1.165) is 10.5 Å². The molecule has 1 aromatic carbocycles. The monoisotopic (exact) mass is 257 g/mol. The average Bonchev–Trinajstić information content (AvgIpc) is 2.75. The van der Waals surface area contributed by atoms with Gasteiger partial charge in [-0.3, -0.25) is 4.79 Å². The third-order valence-corrected chi connectivity index (χ3v) is 4.76. The van der Waals surface area contributed by atoms with E-state index in [9.17, 15) is 4.79 Å². The van der Waals surface area contributed by atoms with E-state index in [1.165, 1.54) is 4.70 Å². The van der Waals surface area contributed by atoms with Gasteiger partial charge in [0.2, 0.25) is 0 Å². The van der Waals surface area contributed by atoms with Gasteiger partial charge in [0, 0.05) is 12.3 Å². The highest BCUT2D eigenvalue weighted by atomic mass is 32.1. The van der Waals surface area contributed by atoms with Crippen LogP contribution in [0.15, 0.2) is 36.4 Å². The Balaban J connectivity index is 2.08. The van der Waals surface area contributed by atoms with E-state index < -0.39 is 0 Å². The van der Waals surface area contributed by atoms with E-state index in [0.29, 0.717) is 6.42 Å². The summed E-state index contributed by atoms with van der Waals surface area (Å²) in [4.78, 5) is 16.3. The standard InChI is InChI=1S/C15H15NOS/c1-15(2)8-7-10(17)9-11(15)14-16-12-5-3-4-6-13(12)18-14/h3-8,11H,9H2,1-2H3. The minimum absolute atomic E-state index is 0.00177. The van der Waals surface area contributed by atoms with Crippen molar-refractivity contribution in [1.82, 2.24) is 4.98 Å². The smallest absolute Gasteiger partial charge is 0.156 e. The molecule has 2 nitrogen and oxygen atoms in total.